The first-order valence-corrected chi connectivity index (χ1v) is 9.90. The van der Waals surface area contributed by atoms with E-state index in [-0.39, 0.29) is 29.0 Å². The number of piperazine rings is 3. The lowest BCUT2D eigenvalue weighted by molar-refractivity contribution is -1.08. The summed E-state index contributed by atoms with van der Waals surface area (Å²) in [6, 6.07) is 0. The highest BCUT2D eigenvalue weighted by Gasteiger charge is 2.53. The van der Waals surface area contributed by atoms with Crippen molar-refractivity contribution in [1.82, 2.24) is 0 Å². The summed E-state index contributed by atoms with van der Waals surface area (Å²) in [5, 5.41) is 20.9. The number of aliphatic hydroxyl groups is 2. The van der Waals surface area contributed by atoms with E-state index in [1.165, 1.54) is 50.3 Å². The van der Waals surface area contributed by atoms with Gasteiger partial charge in [0.25, 0.3) is 0 Å². The highest BCUT2D eigenvalue weighted by Crippen LogP contribution is 2.35. The third kappa shape index (κ3) is 3.66. The molecule has 0 saturated carbocycles. The van der Waals surface area contributed by atoms with Crippen molar-refractivity contribution in [3.63, 3.8) is 0 Å². The SMILES string of the molecule is CC[N+]12CC[N+](CC3OC4OCCCCC3C(O)C4O)(CC1)CC2.[Br-]. The summed E-state index contributed by atoms with van der Waals surface area (Å²) in [6.07, 6.45) is 0.676. The predicted octanol–water partition coefficient (Wildman–Crippen LogP) is -3.07. The predicted molar refractivity (Wildman–Crippen MR) is 89.1 cm³/mol. The molecule has 25 heavy (non-hydrogen) atoms. The fourth-order valence-corrected chi connectivity index (χ4v) is 5.42. The molecule has 0 aliphatic carbocycles. The van der Waals surface area contributed by atoms with Crippen LogP contribution in [0.15, 0.2) is 0 Å². The van der Waals surface area contributed by atoms with E-state index in [0.29, 0.717) is 6.61 Å². The molecule has 6 rings (SSSR count). The standard InChI is InChI=1S/C18H34N2O4.BrH/c1-2-19-6-9-20(10-7-19,11-8-19)13-15-14-5-3-4-12-23-18(24-15)17(22)16(14)21;/h14-18,21-22H,2-13H2,1H3;1H/q+2;/p-1. The van der Waals surface area contributed by atoms with Crippen molar-refractivity contribution >= 4 is 0 Å². The molecule has 5 atom stereocenters. The van der Waals surface area contributed by atoms with E-state index in [2.05, 4.69) is 6.92 Å². The number of nitrogens with zero attached hydrogens (tertiary/aromatic N) is 2. The van der Waals surface area contributed by atoms with Gasteiger partial charge in [0.15, 0.2) is 6.29 Å². The summed E-state index contributed by atoms with van der Waals surface area (Å²) in [6.45, 7) is 12.7. The molecule has 6 fully saturated rings. The average Bonchev–Trinajstić information content (AvgIpc) is 2.75. The number of aliphatic hydroxyl groups excluding tert-OH is 2. The van der Waals surface area contributed by atoms with Crippen LogP contribution in [-0.2, 0) is 9.47 Å². The highest BCUT2D eigenvalue weighted by molar-refractivity contribution is 4.90. The van der Waals surface area contributed by atoms with Crippen LogP contribution in [-0.4, -0.2) is 103 Å². The van der Waals surface area contributed by atoms with Crippen molar-refractivity contribution in [2.75, 3.05) is 59.0 Å². The Morgan fingerprint density at radius 3 is 2.20 bits per heavy atom. The molecule has 0 aromatic carbocycles. The monoisotopic (exact) mass is 421 g/mol. The molecular formula is C18H34BrN2O4+. The van der Waals surface area contributed by atoms with Crippen LogP contribution < -0.4 is 17.0 Å². The van der Waals surface area contributed by atoms with Crippen LogP contribution in [0.5, 0.6) is 0 Å². The highest BCUT2D eigenvalue weighted by atomic mass is 79.9. The molecule has 0 radical (unpaired) electrons. The first kappa shape index (κ1) is 20.0. The number of quaternary nitrogens is 2. The summed E-state index contributed by atoms with van der Waals surface area (Å²) in [7, 11) is 0. The Morgan fingerprint density at radius 1 is 0.920 bits per heavy atom. The van der Waals surface area contributed by atoms with Gasteiger partial charge < -0.3 is 45.6 Å². The summed E-state index contributed by atoms with van der Waals surface area (Å²) in [5.74, 6) is 0.0414. The van der Waals surface area contributed by atoms with Gasteiger partial charge in [-0.05, 0) is 19.8 Å². The summed E-state index contributed by atoms with van der Waals surface area (Å²) in [5.41, 5.74) is 0. The van der Waals surface area contributed by atoms with Crippen molar-refractivity contribution in [2.45, 2.75) is 50.8 Å². The zero-order valence-electron chi connectivity index (χ0n) is 15.4. The molecule has 6 heterocycles. The molecular weight excluding hydrogens is 388 g/mol. The van der Waals surface area contributed by atoms with Gasteiger partial charge in [0, 0.05) is 12.5 Å². The largest absolute Gasteiger partial charge is 1.00 e. The van der Waals surface area contributed by atoms with Gasteiger partial charge in [-0.3, -0.25) is 0 Å². The maximum absolute atomic E-state index is 10.6. The molecule has 4 bridgehead atoms. The fraction of sp³-hybridized carbons (Fsp3) is 1.00. The van der Waals surface area contributed by atoms with E-state index >= 15 is 0 Å². The van der Waals surface area contributed by atoms with Gasteiger partial charge in [-0.1, -0.05) is 6.42 Å². The van der Waals surface area contributed by atoms with Crippen molar-refractivity contribution in [3.8, 4) is 0 Å². The van der Waals surface area contributed by atoms with Crippen LogP contribution in [0.4, 0.5) is 0 Å². The van der Waals surface area contributed by atoms with Crippen LogP contribution in [0.3, 0.4) is 0 Å². The number of hydrogen-bond acceptors (Lipinski definition) is 4. The number of hydrogen-bond donors (Lipinski definition) is 2. The van der Waals surface area contributed by atoms with Gasteiger partial charge >= 0.3 is 0 Å². The first-order chi connectivity index (χ1) is 11.6. The number of ether oxygens (including phenoxy) is 2. The Bertz CT molecular complexity index is 440. The molecule has 146 valence electrons. The summed E-state index contributed by atoms with van der Waals surface area (Å²) < 4.78 is 14.3. The summed E-state index contributed by atoms with van der Waals surface area (Å²) in [4.78, 5) is 0. The van der Waals surface area contributed by atoms with Crippen molar-refractivity contribution < 1.29 is 45.6 Å². The van der Waals surface area contributed by atoms with Crippen LogP contribution >= 0.6 is 0 Å². The minimum atomic E-state index is -0.906. The van der Waals surface area contributed by atoms with Crippen LogP contribution in [0.1, 0.15) is 26.2 Å². The first-order valence-electron chi connectivity index (χ1n) is 9.90. The van der Waals surface area contributed by atoms with Gasteiger partial charge in [-0.2, -0.15) is 0 Å². The molecule has 6 aliphatic rings. The Labute approximate surface area is 161 Å². The van der Waals surface area contributed by atoms with E-state index in [1.54, 1.807) is 0 Å². The average molecular weight is 422 g/mol. The van der Waals surface area contributed by atoms with E-state index in [4.69, 9.17) is 9.47 Å². The second-order valence-corrected chi connectivity index (χ2v) is 8.58. The molecule has 6 saturated heterocycles. The van der Waals surface area contributed by atoms with Crippen LogP contribution in [0.2, 0.25) is 0 Å². The molecule has 0 aromatic heterocycles. The zero-order valence-corrected chi connectivity index (χ0v) is 16.9. The minimum Gasteiger partial charge on any atom is -1.00 e. The molecule has 2 N–H and O–H groups in total. The third-order valence-electron chi connectivity index (χ3n) is 7.45. The van der Waals surface area contributed by atoms with Gasteiger partial charge in [-0.25, -0.2) is 0 Å². The quantitative estimate of drug-likeness (QED) is 0.475. The minimum absolute atomic E-state index is 0. The smallest absolute Gasteiger partial charge is 0.186 e. The number of fused-ring (bicyclic) bond motifs is 9. The van der Waals surface area contributed by atoms with Crippen LogP contribution in [0.25, 0.3) is 0 Å². The lowest BCUT2D eigenvalue weighted by atomic mass is 9.84. The van der Waals surface area contributed by atoms with Gasteiger partial charge in [0.05, 0.1) is 12.6 Å². The number of halogens is 1. The molecule has 0 spiro atoms. The molecule has 5 unspecified atom stereocenters. The number of rotatable bonds is 3. The van der Waals surface area contributed by atoms with Gasteiger partial charge in [0.2, 0.25) is 0 Å². The second kappa shape index (κ2) is 7.70. The zero-order chi connectivity index (χ0) is 16.8. The van der Waals surface area contributed by atoms with Gasteiger partial charge in [0.1, 0.15) is 58.0 Å². The second-order valence-electron chi connectivity index (χ2n) is 8.58. The maximum Gasteiger partial charge on any atom is 0.186 e. The molecule has 0 aromatic rings. The van der Waals surface area contributed by atoms with E-state index in [9.17, 15) is 10.2 Å². The van der Waals surface area contributed by atoms with E-state index in [1.807, 2.05) is 0 Å². The lowest BCUT2D eigenvalue weighted by Crippen LogP contribution is -3.00. The Balaban J connectivity index is 0.00000182. The Kier molecular flexibility index (Phi) is 6.15. The van der Waals surface area contributed by atoms with Crippen molar-refractivity contribution in [1.29, 1.82) is 0 Å². The van der Waals surface area contributed by atoms with Crippen LogP contribution in [0, 0.1) is 5.92 Å². The Hall–Kier alpha value is 0.240. The fourth-order valence-electron chi connectivity index (χ4n) is 5.42. The Morgan fingerprint density at radius 2 is 1.56 bits per heavy atom. The third-order valence-corrected chi connectivity index (χ3v) is 7.45. The van der Waals surface area contributed by atoms with Crippen molar-refractivity contribution in [2.24, 2.45) is 5.92 Å². The van der Waals surface area contributed by atoms with Gasteiger partial charge in [-0.15, -0.1) is 0 Å². The number of likely N-dealkylation sites (N-methyl/N-ethyl adjacent to an activating group) is 1. The van der Waals surface area contributed by atoms with E-state index < -0.39 is 18.5 Å². The van der Waals surface area contributed by atoms with E-state index in [0.717, 1.165) is 30.3 Å². The lowest BCUT2D eigenvalue weighted by Gasteiger charge is -2.57. The molecule has 6 aliphatic heterocycles. The normalized spacial score (nSPS) is 49.8. The maximum atomic E-state index is 10.6. The molecule has 6 nitrogen and oxygen atoms in total. The molecule has 7 heteroatoms. The van der Waals surface area contributed by atoms with Crippen molar-refractivity contribution in [3.05, 3.63) is 0 Å². The topological polar surface area (TPSA) is 58.9 Å². The molecule has 0 amide bonds. The summed E-state index contributed by atoms with van der Waals surface area (Å²) >= 11 is 0.